The van der Waals surface area contributed by atoms with Crippen LogP contribution in [-0.4, -0.2) is 12.1 Å². The Morgan fingerprint density at radius 1 is 1.44 bits per heavy atom. The van der Waals surface area contributed by atoms with E-state index in [0.29, 0.717) is 5.57 Å². The smallest absolute Gasteiger partial charge is 0.331 e. The second kappa shape index (κ2) is 6.05. The highest BCUT2D eigenvalue weighted by atomic mass is 19.1. The molecule has 0 aliphatic carbocycles. The molecule has 0 N–H and O–H groups in total. The normalized spacial score (nSPS) is 13.3. The summed E-state index contributed by atoms with van der Waals surface area (Å²) in [5.41, 5.74) is 1.29. The topological polar surface area (TPSA) is 26.3 Å². The van der Waals surface area contributed by atoms with E-state index in [1.165, 1.54) is 13.0 Å². The lowest BCUT2D eigenvalue weighted by Gasteiger charge is -2.04. The third-order valence-electron chi connectivity index (χ3n) is 2.20. The van der Waals surface area contributed by atoms with Gasteiger partial charge in [-0.05, 0) is 25.0 Å². The molecule has 0 radical (unpaired) electrons. The third-order valence-corrected chi connectivity index (χ3v) is 2.20. The molecule has 0 spiro atoms. The number of ether oxygens (including phenoxy) is 1. The highest BCUT2D eigenvalue weighted by Crippen LogP contribution is 2.06. The Morgan fingerprint density at radius 2 is 2.06 bits per heavy atom. The summed E-state index contributed by atoms with van der Waals surface area (Å²) in [6.45, 7) is 3.16. The van der Waals surface area contributed by atoms with Crippen LogP contribution in [0.4, 0.5) is 4.39 Å². The fourth-order valence-corrected chi connectivity index (χ4v) is 1.07. The molecule has 1 atom stereocenters. The number of carbonyl (C=O) groups excluding carboxylic acids is 1. The Balaban J connectivity index is 2.45. The minimum absolute atomic E-state index is 0.212. The van der Waals surface area contributed by atoms with E-state index in [4.69, 9.17) is 4.74 Å². The summed E-state index contributed by atoms with van der Waals surface area (Å²) >= 11 is 0. The average molecular weight is 222 g/mol. The van der Waals surface area contributed by atoms with Crippen molar-refractivity contribution < 1.29 is 13.9 Å². The summed E-state index contributed by atoms with van der Waals surface area (Å²) in [5.74, 6) is -0.508. The highest BCUT2D eigenvalue weighted by molar-refractivity contribution is 5.82. The molecule has 86 valence electrons. The molecular weight excluding hydrogens is 207 g/mol. The maximum Gasteiger partial charge on any atom is 0.331 e. The van der Waals surface area contributed by atoms with Gasteiger partial charge in [-0.3, -0.25) is 0 Å². The predicted molar refractivity (Wildman–Crippen MR) is 60.6 cm³/mol. The number of alkyl halides is 1. The van der Waals surface area contributed by atoms with Crippen molar-refractivity contribution in [1.29, 1.82) is 0 Å². The van der Waals surface area contributed by atoms with Gasteiger partial charge in [0.2, 0.25) is 0 Å². The lowest BCUT2D eigenvalue weighted by molar-refractivity contribution is -0.139. The first-order valence-corrected chi connectivity index (χ1v) is 5.12. The zero-order valence-electron chi connectivity index (χ0n) is 9.44. The van der Waals surface area contributed by atoms with E-state index in [0.717, 1.165) is 5.56 Å². The lowest BCUT2D eigenvalue weighted by Crippen LogP contribution is -2.04. The molecule has 0 aromatic heterocycles. The van der Waals surface area contributed by atoms with Crippen molar-refractivity contribution >= 4 is 5.97 Å². The van der Waals surface area contributed by atoms with Gasteiger partial charge in [0.1, 0.15) is 12.8 Å². The Labute approximate surface area is 94.7 Å². The van der Waals surface area contributed by atoms with Crippen molar-refractivity contribution in [2.24, 2.45) is 0 Å². The average Bonchev–Trinajstić information content (AvgIpc) is 2.27. The van der Waals surface area contributed by atoms with Crippen molar-refractivity contribution in [1.82, 2.24) is 0 Å². The van der Waals surface area contributed by atoms with Gasteiger partial charge in [0.05, 0.1) is 0 Å². The largest absolute Gasteiger partial charge is 0.458 e. The fraction of sp³-hybridized carbons (Fsp3) is 0.308. The van der Waals surface area contributed by atoms with Gasteiger partial charge in [-0.25, -0.2) is 9.18 Å². The number of hydrogen-bond acceptors (Lipinski definition) is 2. The minimum atomic E-state index is -1.12. The number of halogens is 1. The van der Waals surface area contributed by atoms with Crippen LogP contribution in [0.1, 0.15) is 19.4 Å². The van der Waals surface area contributed by atoms with Crippen LogP contribution in [0, 0.1) is 0 Å². The number of allylic oxidation sites excluding steroid dienone is 1. The molecule has 0 aliphatic rings. The molecule has 0 fully saturated rings. The van der Waals surface area contributed by atoms with Crippen LogP contribution in [0.25, 0.3) is 0 Å². The zero-order valence-corrected chi connectivity index (χ0v) is 9.44. The number of hydrogen-bond donors (Lipinski definition) is 0. The van der Waals surface area contributed by atoms with Crippen LogP contribution in [0.2, 0.25) is 0 Å². The summed E-state index contributed by atoms with van der Waals surface area (Å²) in [4.78, 5) is 11.3. The molecule has 0 amide bonds. The summed E-state index contributed by atoms with van der Waals surface area (Å²) < 4.78 is 17.7. The third kappa shape index (κ3) is 4.26. The molecule has 1 rings (SSSR count). The van der Waals surface area contributed by atoms with E-state index in [9.17, 15) is 9.18 Å². The van der Waals surface area contributed by atoms with Crippen LogP contribution in [0.15, 0.2) is 42.0 Å². The molecular formula is C13H15FO2. The van der Waals surface area contributed by atoms with E-state index in [1.807, 2.05) is 30.3 Å². The van der Waals surface area contributed by atoms with Crippen LogP contribution in [0.5, 0.6) is 0 Å². The number of benzene rings is 1. The lowest BCUT2D eigenvalue weighted by atomic mass is 10.2. The Bertz CT molecular complexity index is 369. The monoisotopic (exact) mass is 222 g/mol. The first-order valence-electron chi connectivity index (χ1n) is 5.12. The van der Waals surface area contributed by atoms with Gasteiger partial charge in [0, 0.05) is 6.08 Å². The highest BCUT2D eigenvalue weighted by Gasteiger charge is 2.05. The van der Waals surface area contributed by atoms with E-state index in [-0.39, 0.29) is 6.61 Å². The number of esters is 1. The molecule has 3 heteroatoms. The van der Waals surface area contributed by atoms with E-state index in [1.54, 1.807) is 6.92 Å². The van der Waals surface area contributed by atoms with Crippen LogP contribution in [-0.2, 0) is 16.1 Å². The SMILES string of the molecule is C/C(=C\C(=O)OCc1ccccc1)C(C)F. The van der Waals surface area contributed by atoms with Gasteiger partial charge < -0.3 is 4.74 Å². The zero-order chi connectivity index (χ0) is 12.0. The van der Waals surface area contributed by atoms with Gasteiger partial charge in [-0.1, -0.05) is 30.3 Å². The molecule has 0 saturated carbocycles. The Hall–Kier alpha value is -1.64. The summed E-state index contributed by atoms with van der Waals surface area (Å²) in [6.07, 6.45) is 0.0671. The van der Waals surface area contributed by atoms with Crippen LogP contribution in [0.3, 0.4) is 0 Å². The molecule has 1 unspecified atom stereocenters. The number of rotatable bonds is 4. The summed E-state index contributed by atoms with van der Waals surface area (Å²) in [6, 6.07) is 9.35. The van der Waals surface area contributed by atoms with Gasteiger partial charge in [0.25, 0.3) is 0 Å². The standard InChI is InChI=1S/C13H15FO2/c1-10(11(2)14)8-13(15)16-9-12-6-4-3-5-7-12/h3-8,11H,9H2,1-2H3/b10-8+. The molecule has 0 bridgehead atoms. The maximum absolute atomic E-state index is 12.7. The van der Waals surface area contributed by atoms with Crippen molar-refractivity contribution in [2.45, 2.75) is 26.6 Å². The molecule has 0 saturated heterocycles. The summed E-state index contributed by atoms with van der Waals surface area (Å²) in [5, 5.41) is 0. The van der Waals surface area contributed by atoms with E-state index >= 15 is 0 Å². The quantitative estimate of drug-likeness (QED) is 0.578. The molecule has 0 heterocycles. The molecule has 0 aliphatic heterocycles. The van der Waals surface area contributed by atoms with Crippen LogP contribution >= 0.6 is 0 Å². The predicted octanol–water partition coefficient (Wildman–Crippen LogP) is 3.03. The Kier molecular flexibility index (Phi) is 4.70. The first kappa shape index (κ1) is 12.4. The first-order chi connectivity index (χ1) is 7.59. The second-order valence-electron chi connectivity index (χ2n) is 3.60. The summed E-state index contributed by atoms with van der Waals surface area (Å²) in [7, 11) is 0. The van der Waals surface area contributed by atoms with Crippen molar-refractivity contribution in [2.75, 3.05) is 0 Å². The molecule has 16 heavy (non-hydrogen) atoms. The van der Waals surface area contributed by atoms with Crippen molar-refractivity contribution in [3.8, 4) is 0 Å². The molecule has 1 aromatic rings. The van der Waals surface area contributed by atoms with Gasteiger partial charge in [0.15, 0.2) is 0 Å². The van der Waals surface area contributed by atoms with Gasteiger partial charge >= 0.3 is 5.97 Å². The van der Waals surface area contributed by atoms with E-state index < -0.39 is 12.1 Å². The number of carbonyl (C=O) groups is 1. The van der Waals surface area contributed by atoms with Crippen molar-refractivity contribution in [3.63, 3.8) is 0 Å². The van der Waals surface area contributed by atoms with E-state index in [2.05, 4.69) is 0 Å². The van der Waals surface area contributed by atoms with Crippen LogP contribution < -0.4 is 0 Å². The second-order valence-corrected chi connectivity index (χ2v) is 3.60. The fourth-order valence-electron chi connectivity index (χ4n) is 1.07. The van der Waals surface area contributed by atoms with Crippen molar-refractivity contribution in [3.05, 3.63) is 47.5 Å². The molecule has 2 nitrogen and oxygen atoms in total. The molecule has 1 aromatic carbocycles. The minimum Gasteiger partial charge on any atom is -0.458 e. The maximum atomic E-state index is 12.7. The van der Waals surface area contributed by atoms with Gasteiger partial charge in [-0.15, -0.1) is 0 Å². The Morgan fingerprint density at radius 3 is 2.62 bits per heavy atom. The van der Waals surface area contributed by atoms with Gasteiger partial charge in [-0.2, -0.15) is 0 Å².